The maximum atomic E-state index is 5.33. The number of fused-ring (bicyclic) bond motifs is 6. The molecule has 7 nitrogen and oxygen atoms in total. The lowest BCUT2D eigenvalue weighted by molar-refractivity contribution is 1.07. The standard InChI is InChI=1S/C62H43N7/c1-41(43-20-8-3-9-21-43)63-59(44-22-10-4-11-23-44)64-42(2)68-56-35-32-48(47-33-36-58-52(38-47)51-30-18-19-31-55(51)69(58)50-28-16-7-17-29-50)39-53(56)54-40-49(34-37-57(54)68)62-66-60(45-24-12-5-13-25-45)65-61(67-62)46-26-14-6-15-27-46/h3-40H,1H2,2H3. The monoisotopic (exact) mass is 885 g/mol. The van der Waals surface area contributed by atoms with Crippen molar-refractivity contribution in [3.8, 4) is 51.0 Å². The van der Waals surface area contributed by atoms with Gasteiger partial charge in [0, 0.05) is 49.5 Å². The molecule has 0 amide bonds. The Kier molecular flexibility index (Phi) is 10.4. The second-order valence-electron chi connectivity index (χ2n) is 17.0. The number of aliphatic imine (C=N–C) groups is 2. The van der Waals surface area contributed by atoms with Gasteiger partial charge in [0.15, 0.2) is 23.3 Å². The number of para-hydroxylation sites is 2. The summed E-state index contributed by atoms with van der Waals surface area (Å²) in [6.45, 7) is 6.41. The molecule has 12 rings (SSSR count). The first-order chi connectivity index (χ1) is 34.0. The van der Waals surface area contributed by atoms with Crippen molar-refractivity contribution in [3.63, 3.8) is 0 Å². The van der Waals surface area contributed by atoms with Crippen molar-refractivity contribution in [1.82, 2.24) is 24.1 Å². The van der Waals surface area contributed by atoms with Crippen molar-refractivity contribution >= 4 is 61.0 Å². The minimum absolute atomic E-state index is 0.570. The third kappa shape index (κ3) is 7.68. The van der Waals surface area contributed by atoms with Crippen molar-refractivity contribution < 1.29 is 0 Å². The quantitative estimate of drug-likeness (QED) is 0.113. The Labute approximate surface area is 399 Å². The Morgan fingerprint density at radius 3 is 1.38 bits per heavy atom. The van der Waals surface area contributed by atoms with E-state index in [1.165, 1.54) is 16.3 Å². The molecule has 0 saturated heterocycles. The predicted octanol–water partition coefficient (Wildman–Crippen LogP) is 15.1. The van der Waals surface area contributed by atoms with E-state index in [1.54, 1.807) is 0 Å². The van der Waals surface area contributed by atoms with E-state index in [0.29, 0.717) is 29.0 Å². The summed E-state index contributed by atoms with van der Waals surface area (Å²) in [6, 6.07) is 79.6. The summed E-state index contributed by atoms with van der Waals surface area (Å²) in [5.74, 6) is 3.14. The Bertz CT molecular complexity index is 3890. The highest BCUT2D eigenvalue weighted by Crippen LogP contribution is 2.39. The highest BCUT2D eigenvalue weighted by atomic mass is 15.1. The van der Waals surface area contributed by atoms with E-state index in [-0.39, 0.29) is 0 Å². The fourth-order valence-corrected chi connectivity index (χ4v) is 9.40. The van der Waals surface area contributed by atoms with Crippen LogP contribution in [0.15, 0.2) is 247 Å². The van der Waals surface area contributed by atoms with Crippen LogP contribution in [0.1, 0.15) is 18.1 Å². The highest BCUT2D eigenvalue weighted by Gasteiger charge is 2.20. The molecule has 0 radical (unpaired) electrons. The van der Waals surface area contributed by atoms with Crippen molar-refractivity contribution in [2.75, 3.05) is 0 Å². The molecule has 0 atom stereocenters. The van der Waals surface area contributed by atoms with Crippen LogP contribution in [-0.2, 0) is 0 Å². The fourth-order valence-electron chi connectivity index (χ4n) is 9.40. The lowest BCUT2D eigenvalue weighted by atomic mass is 10.00. The molecule has 0 N–H and O–H groups in total. The normalized spacial score (nSPS) is 12.1. The molecule has 3 aromatic heterocycles. The van der Waals surface area contributed by atoms with E-state index >= 15 is 0 Å². The van der Waals surface area contributed by atoms with Crippen LogP contribution in [0.2, 0.25) is 0 Å². The molecular formula is C62H43N7. The van der Waals surface area contributed by atoms with Crippen LogP contribution in [0.5, 0.6) is 0 Å². The third-order valence-electron chi connectivity index (χ3n) is 12.7. The van der Waals surface area contributed by atoms with Gasteiger partial charge in [-0.2, -0.15) is 0 Å². The molecule has 0 saturated carbocycles. The summed E-state index contributed by atoms with van der Waals surface area (Å²) in [6.07, 6.45) is 0. The van der Waals surface area contributed by atoms with E-state index in [4.69, 9.17) is 24.9 Å². The van der Waals surface area contributed by atoms with Gasteiger partial charge in [-0.3, -0.25) is 4.57 Å². The number of hydrogen-bond donors (Lipinski definition) is 0. The lowest BCUT2D eigenvalue weighted by Gasteiger charge is -2.11. The lowest BCUT2D eigenvalue weighted by Crippen LogP contribution is -2.11. The van der Waals surface area contributed by atoms with Crippen molar-refractivity contribution in [2.24, 2.45) is 9.98 Å². The Morgan fingerprint density at radius 1 is 0.377 bits per heavy atom. The highest BCUT2D eigenvalue weighted by molar-refractivity contribution is 6.18. The first-order valence-electron chi connectivity index (χ1n) is 23.0. The van der Waals surface area contributed by atoms with Gasteiger partial charge < -0.3 is 4.57 Å². The van der Waals surface area contributed by atoms with Gasteiger partial charge in [-0.1, -0.05) is 176 Å². The molecule has 0 bridgehead atoms. The largest absolute Gasteiger partial charge is 0.309 e. The summed E-state index contributed by atoms with van der Waals surface area (Å²) in [7, 11) is 0. The zero-order valence-electron chi connectivity index (χ0n) is 37.8. The maximum Gasteiger partial charge on any atom is 0.164 e. The third-order valence-corrected chi connectivity index (χ3v) is 12.7. The molecule has 9 aromatic carbocycles. The van der Waals surface area contributed by atoms with Crippen LogP contribution in [-0.4, -0.2) is 35.8 Å². The van der Waals surface area contributed by atoms with E-state index in [9.17, 15) is 0 Å². The van der Waals surface area contributed by atoms with Crippen LogP contribution in [0.25, 0.3) is 100 Å². The van der Waals surface area contributed by atoms with E-state index in [2.05, 4.69) is 125 Å². The van der Waals surface area contributed by atoms with Crippen LogP contribution in [0.3, 0.4) is 0 Å². The Morgan fingerprint density at radius 2 is 0.797 bits per heavy atom. The Hall–Kier alpha value is -9.33. The summed E-state index contributed by atoms with van der Waals surface area (Å²) < 4.78 is 4.58. The number of rotatable bonds is 8. The van der Waals surface area contributed by atoms with Crippen LogP contribution < -0.4 is 0 Å². The van der Waals surface area contributed by atoms with Gasteiger partial charge >= 0.3 is 0 Å². The Balaban J connectivity index is 1.06. The number of benzene rings is 9. The van der Waals surface area contributed by atoms with Crippen molar-refractivity contribution in [3.05, 3.63) is 248 Å². The van der Waals surface area contributed by atoms with Gasteiger partial charge in [0.25, 0.3) is 0 Å². The SMILES string of the molecule is C=C(N=C(N=C(C)n1c2ccc(-c3ccc4c(c3)c3ccccc3n4-c3ccccc3)cc2c2cc(-c3nc(-c4ccccc4)nc(-c4ccccc4)n3)ccc21)c1ccccc1)c1ccccc1. The number of hydrogen-bond acceptors (Lipinski definition) is 4. The second-order valence-corrected chi connectivity index (χ2v) is 17.0. The summed E-state index contributed by atoms with van der Waals surface area (Å²) in [5.41, 5.74) is 12.9. The van der Waals surface area contributed by atoms with Gasteiger partial charge in [-0.25, -0.2) is 24.9 Å². The molecule has 12 aromatic rings. The molecule has 69 heavy (non-hydrogen) atoms. The summed E-state index contributed by atoms with van der Waals surface area (Å²) in [4.78, 5) is 25.6. The van der Waals surface area contributed by atoms with Gasteiger partial charge in [0.2, 0.25) is 0 Å². The minimum Gasteiger partial charge on any atom is -0.309 e. The molecule has 326 valence electrons. The topological polar surface area (TPSA) is 73.2 Å². The van der Waals surface area contributed by atoms with E-state index < -0.39 is 0 Å². The minimum atomic E-state index is 0.570. The van der Waals surface area contributed by atoms with E-state index in [0.717, 1.165) is 77.8 Å². The molecule has 7 heteroatoms. The van der Waals surface area contributed by atoms with Crippen molar-refractivity contribution in [1.29, 1.82) is 0 Å². The zero-order valence-corrected chi connectivity index (χ0v) is 37.8. The van der Waals surface area contributed by atoms with Crippen LogP contribution in [0, 0.1) is 0 Å². The van der Waals surface area contributed by atoms with E-state index in [1.807, 2.05) is 128 Å². The van der Waals surface area contributed by atoms with Gasteiger partial charge in [0.1, 0.15) is 5.84 Å². The molecular weight excluding hydrogens is 843 g/mol. The molecule has 0 spiro atoms. The maximum absolute atomic E-state index is 5.33. The van der Waals surface area contributed by atoms with Gasteiger partial charge in [-0.05, 0) is 84.3 Å². The zero-order chi connectivity index (χ0) is 46.3. The molecule has 0 fully saturated rings. The van der Waals surface area contributed by atoms with Gasteiger partial charge in [0.05, 0.1) is 27.8 Å². The summed E-state index contributed by atoms with van der Waals surface area (Å²) in [5, 5.41) is 4.51. The first-order valence-corrected chi connectivity index (χ1v) is 23.0. The predicted molar refractivity (Wildman–Crippen MR) is 286 cm³/mol. The van der Waals surface area contributed by atoms with Crippen molar-refractivity contribution in [2.45, 2.75) is 6.92 Å². The molecule has 0 aliphatic carbocycles. The number of nitrogens with zero attached hydrogens (tertiary/aromatic N) is 7. The average molecular weight is 886 g/mol. The molecule has 0 aliphatic rings. The first kappa shape index (κ1) is 41.1. The number of amidine groups is 1. The molecule has 3 heterocycles. The average Bonchev–Trinajstić information content (AvgIpc) is 3.93. The molecule has 0 aliphatic heterocycles. The second kappa shape index (κ2) is 17.5. The summed E-state index contributed by atoms with van der Waals surface area (Å²) >= 11 is 0. The van der Waals surface area contributed by atoms with Crippen LogP contribution in [0.4, 0.5) is 0 Å². The van der Waals surface area contributed by atoms with Crippen LogP contribution >= 0.6 is 0 Å². The molecule has 0 unspecified atom stereocenters. The smallest absolute Gasteiger partial charge is 0.164 e. The van der Waals surface area contributed by atoms with Gasteiger partial charge in [-0.15, -0.1) is 0 Å². The fraction of sp³-hybridized carbons (Fsp3) is 0.0161. The number of aromatic nitrogens is 5.